The third-order valence-electron chi connectivity index (χ3n) is 7.37. The number of aromatic nitrogens is 4. The Morgan fingerprint density at radius 2 is 1.90 bits per heavy atom. The van der Waals surface area contributed by atoms with Crippen molar-refractivity contribution in [2.24, 2.45) is 11.7 Å². The van der Waals surface area contributed by atoms with Crippen LogP contribution >= 0.6 is 11.6 Å². The van der Waals surface area contributed by atoms with E-state index >= 15 is 0 Å². The Morgan fingerprint density at radius 1 is 1.13 bits per heavy atom. The molecule has 39 heavy (non-hydrogen) atoms. The van der Waals surface area contributed by atoms with Gasteiger partial charge in [-0.3, -0.25) is 9.36 Å². The molecule has 2 amide bonds. The fourth-order valence-corrected chi connectivity index (χ4v) is 5.47. The van der Waals surface area contributed by atoms with E-state index < -0.39 is 11.6 Å². The Bertz CT molecular complexity index is 1400. The number of halogens is 3. The number of imidazole rings is 1. The van der Waals surface area contributed by atoms with E-state index in [0.29, 0.717) is 55.9 Å². The molecule has 1 aliphatic carbocycles. The molecule has 0 radical (unpaired) electrons. The highest BCUT2D eigenvalue weighted by molar-refractivity contribution is 6.30. The van der Waals surface area contributed by atoms with E-state index in [-0.39, 0.29) is 46.7 Å². The van der Waals surface area contributed by atoms with Gasteiger partial charge >= 0.3 is 6.09 Å². The lowest BCUT2D eigenvalue weighted by molar-refractivity contribution is -0.122. The number of likely N-dealkylation sites (tertiary alicyclic amines) is 1. The number of nitrogens with one attached hydrogen (secondary N) is 2. The van der Waals surface area contributed by atoms with Crippen molar-refractivity contribution in [3.63, 3.8) is 0 Å². The summed E-state index contributed by atoms with van der Waals surface area (Å²) < 4.78 is 35.5. The molecule has 14 heteroatoms. The number of benzene rings is 1. The number of carbonyl (C=O) groups excluding carboxylic acids is 2. The van der Waals surface area contributed by atoms with Crippen LogP contribution in [-0.2, 0) is 9.53 Å². The lowest BCUT2D eigenvalue weighted by Crippen LogP contribution is -2.45. The average molecular weight is 563 g/mol. The summed E-state index contributed by atoms with van der Waals surface area (Å²) in [5.74, 6) is -2.23. The Morgan fingerprint density at radius 3 is 2.62 bits per heavy atom. The molecule has 11 nitrogen and oxygen atoms in total. The van der Waals surface area contributed by atoms with Crippen LogP contribution < -0.4 is 16.4 Å². The summed E-state index contributed by atoms with van der Waals surface area (Å²) in [5, 5.41) is 5.87. The molecule has 2 aromatic heterocycles. The molecule has 1 atom stereocenters. The molecule has 3 heterocycles. The zero-order chi connectivity index (χ0) is 27.7. The molecular formula is C25H29ClF2N8O3. The van der Waals surface area contributed by atoms with Crippen molar-refractivity contribution in [3.05, 3.63) is 35.0 Å². The van der Waals surface area contributed by atoms with Gasteiger partial charge in [-0.25, -0.2) is 23.5 Å². The molecular weight excluding hydrogens is 534 g/mol. The number of primary amides is 1. The van der Waals surface area contributed by atoms with Crippen LogP contribution in [0.25, 0.3) is 11.2 Å². The minimum atomic E-state index is -1.16. The van der Waals surface area contributed by atoms with E-state index in [0.717, 1.165) is 12.8 Å². The number of hydrogen-bond acceptors (Lipinski definition) is 8. The molecule has 2 fully saturated rings. The van der Waals surface area contributed by atoms with Crippen molar-refractivity contribution in [2.75, 3.05) is 30.8 Å². The van der Waals surface area contributed by atoms with Crippen molar-refractivity contribution in [1.29, 1.82) is 0 Å². The number of rotatable bonds is 6. The molecule has 1 aromatic carbocycles. The highest BCUT2D eigenvalue weighted by Crippen LogP contribution is 2.37. The third kappa shape index (κ3) is 5.54. The van der Waals surface area contributed by atoms with Gasteiger partial charge in [0.1, 0.15) is 5.52 Å². The lowest BCUT2D eigenvalue weighted by Gasteiger charge is -2.32. The molecule has 2 aliphatic rings. The quantitative estimate of drug-likeness (QED) is 0.376. The van der Waals surface area contributed by atoms with Gasteiger partial charge in [-0.1, -0.05) is 11.6 Å². The number of carbonyl (C=O) groups is 2. The summed E-state index contributed by atoms with van der Waals surface area (Å²) in [6.45, 7) is 1.06. The number of methoxy groups -OCH3 is 1. The summed E-state index contributed by atoms with van der Waals surface area (Å²) in [7, 11) is 1.35. The number of nitrogens with two attached hydrogens (primary N) is 1. The fraction of sp³-hybridized carbons (Fsp3) is 0.480. The number of nitrogens with zero attached hydrogens (tertiary/aromatic N) is 5. The van der Waals surface area contributed by atoms with Gasteiger partial charge in [-0.05, 0) is 50.7 Å². The van der Waals surface area contributed by atoms with E-state index in [1.807, 2.05) is 4.57 Å². The molecule has 1 aliphatic heterocycles. The molecule has 3 aromatic rings. The largest absolute Gasteiger partial charge is 0.453 e. The Labute approximate surface area is 228 Å². The zero-order valence-electron chi connectivity index (χ0n) is 21.3. The zero-order valence-corrected chi connectivity index (χ0v) is 22.0. The Kier molecular flexibility index (Phi) is 7.69. The molecule has 0 unspecified atom stereocenters. The fourth-order valence-electron chi connectivity index (χ4n) is 5.33. The second kappa shape index (κ2) is 11.2. The van der Waals surface area contributed by atoms with Gasteiger partial charge in [0.2, 0.25) is 17.8 Å². The highest BCUT2D eigenvalue weighted by Gasteiger charge is 2.30. The normalized spacial score (nSPS) is 21.5. The van der Waals surface area contributed by atoms with Gasteiger partial charge in [0, 0.05) is 31.1 Å². The smallest absolute Gasteiger partial charge is 0.409 e. The molecule has 5 rings (SSSR count). The van der Waals surface area contributed by atoms with Crippen LogP contribution in [0, 0.1) is 17.6 Å². The maximum atomic E-state index is 14.7. The van der Waals surface area contributed by atoms with Crippen LogP contribution in [0.5, 0.6) is 0 Å². The summed E-state index contributed by atoms with van der Waals surface area (Å²) in [6.07, 6.45) is 5.20. The Hall–Kier alpha value is -3.74. The molecule has 0 spiro atoms. The van der Waals surface area contributed by atoms with Crippen LogP contribution in [-0.4, -0.2) is 62.7 Å². The summed E-state index contributed by atoms with van der Waals surface area (Å²) in [4.78, 5) is 39.0. The number of anilines is 3. The minimum Gasteiger partial charge on any atom is -0.453 e. The first-order valence-corrected chi connectivity index (χ1v) is 13.2. The SMILES string of the molecule is COC(=O)N1CCC[C@@H](Nc2ncc3nc(Nc4ccc(Cl)c(F)c4F)n(C4CCC(C(N)=O)CC4)c3n2)C1. The first-order chi connectivity index (χ1) is 18.7. The maximum Gasteiger partial charge on any atom is 0.409 e. The number of amides is 2. The standard InChI is InChI=1S/C25H29ClF2N8O3/c1-39-25(38)35-10-2-3-14(12-35)31-23-30-11-18-22(34-23)36(15-6-4-13(5-7-15)21(29)37)24(33-18)32-17-9-8-16(26)19(27)20(17)28/h8-9,11,13-15H,2-7,10,12H2,1H3,(H2,29,37)(H,32,33)(H,30,31,34)/t13?,14-,15?/m1/s1. The summed E-state index contributed by atoms with van der Waals surface area (Å²) >= 11 is 5.72. The van der Waals surface area contributed by atoms with Crippen molar-refractivity contribution in [1.82, 2.24) is 24.4 Å². The van der Waals surface area contributed by atoms with E-state index in [4.69, 9.17) is 27.1 Å². The number of fused-ring (bicyclic) bond motifs is 1. The second-order valence-electron chi connectivity index (χ2n) is 9.86. The summed E-state index contributed by atoms with van der Waals surface area (Å²) in [6, 6.07) is 2.39. The van der Waals surface area contributed by atoms with E-state index in [1.54, 1.807) is 11.1 Å². The van der Waals surface area contributed by atoms with Gasteiger partial charge in [0.25, 0.3) is 0 Å². The molecule has 1 saturated carbocycles. The number of piperidine rings is 1. The van der Waals surface area contributed by atoms with Crippen LogP contribution in [0.2, 0.25) is 5.02 Å². The van der Waals surface area contributed by atoms with Crippen LogP contribution in [0.15, 0.2) is 18.3 Å². The van der Waals surface area contributed by atoms with E-state index in [2.05, 4.69) is 20.6 Å². The molecule has 4 N–H and O–H groups in total. The van der Waals surface area contributed by atoms with Gasteiger partial charge in [-0.15, -0.1) is 0 Å². The number of hydrogen-bond donors (Lipinski definition) is 3. The van der Waals surface area contributed by atoms with Crippen LogP contribution in [0.4, 0.5) is 31.2 Å². The highest BCUT2D eigenvalue weighted by atomic mass is 35.5. The lowest BCUT2D eigenvalue weighted by atomic mass is 9.85. The molecule has 208 valence electrons. The van der Waals surface area contributed by atoms with Gasteiger partial charge in [0.05, 0.1) is 24.0 Å². The predicted octanol–water partition coefficient (Wildman–Crippen LogP) is 4.36. The maximum absolute atomic E-state index is 14.7. The van der Waals surface area contributed by atoms with Crippen molar-refractivity contribution in [2.45, 2.75) is 50.6 Å². The van der Waals surface area contributed by atoms with E-state index in [9.17, 15) is 18.4 Å². The van der Waals surface area contributed by atoms with Crippen LogP contribution in [0.1, 0.15) is 44.6 Å². The predicted molar refractivity (Wildman–Crippen MR) is 141 cm³/mol. The van der Waals surface area contributed by atoms with Gasteiger partial charge < -0.3 is 26.0 Å². The van der Waals surface area contributed by atoms with Crippen LogP contribution in [0.3, 0.4) is 0 Å². The average Bonchev–Trinajstić information content (AvgIpc) is 3.30. The Balaban J connectivity index is 1.48. The van der Waals surface area contributed by atoms with Gasteiger partial charge in [-0.2, -0.15) is 4.98 Å². The van der Waals surface area contributed by atoms with E-state index in [1.165, 1.54) is 19.2 Å². The summed E-state index contributed by atoms with van der Waals surface area (Å²) in [5.41, 5.74) is 6.34. The second-order valence-corrected chi connectivity index (χ2v) is 10.3. The monoisotopic (exact) mass is 562 g/mol. The first kappa shape index (κ1) is 26.9. The molecule has 1 saturated heterocycles. The first-order valence-electron chi connectivity index (χ1n) is 12.8. The number of ether oxygens (including phenoxy) is 1. The van der Waals surface area contributed by atoms with Crippen molar-refractivity contribution in [3.8, 4) is 0 Å². The van der Waals surface area contributed by atoms with Gasteiger partial charge in [0.15, 0.2) is 17.3 Å². The van der Waals surface area contributed by atoms with Crippen molar-refractivity contribution < 1.29 is 23.1 Å². The van der Waals surface area contributed by atoms with Crippen molar-refractivity contribution >= 4 is 52.3 Å². The molecule has 0 bridgehead atoms. The third-order valence-corrected chi connectivity index (χ3v) is 7.66. The minimum absolute atomic E-state index is 0.0820. The topological polar surface area (TPSA) is 140 Å².